The topological polar surface area (TPSA) is 118 Å². The molecular weight excluding hydrogens is 531 g/mol. The van der Waals surface area contributed by atoms with Gasteiger partial charge in [-0.2, -0.15) is 10.1 Å². The van der Waals surface area contributed by atoms with Gasteiger partial charge in [-0.1, -0.05) is 13.0 Å². The van der Waals surface area contributed by atoms with Gasteiger partial charge < -0.3 is 15.5 Å². The normalized spacial score (nSPS) is 21.9. The van der Waals surface area contributed by atoms with Crippen LogP contribution in [0.4, 0.5) is 10.3 Å². The number of nitrogens with zero attached hydrogens (tertiary/aromatic N) is 6. The summed E-state index contributed by atoms with van der Waals surface area (Å²) in [6, 6.07) is 6.74. The van der Waals surface area contributed by atoms with Crippen molar-refractivity contribution >= 4 is 55.6 Å². The number of halogens is 2. The molecule has 1 aliphatic heterocycles. The zero-order chi connectivity index (χ0) is 25.0. The maximum Gasteiger partial charge on any atom is 0.241 e. The molecule has 3 aromatic heterocycles. The molecule has 184 valence electrons. The number of hydrogen-bond donors (Lipinski definition) is 2. The maximum absolute atomic E-state index is 14.7. The second-order valence-electron chi connectivity index (χ2n) is 9.54. The summed E-state index contributed by atoms with van der Waals surface area (Å²) < 4.78 is 16.9. The molecule has 0 spiro atoms. The Balaban J connectivity index is 1.27. The van der Waals surface area contributed by atoms with E-state index in [0.717, 1.165) is 6.42 Å². The van der Waals surface area contributed by atoms with E-state index in [9.17, 15) is 14.0 Å². The number of anilines is 1. The molecule has 2 aliphatic rings. The molecule has 36 heavy (non-hydrogen) atoms. The fourth-order valence-electron chi connectivity index (χ4n) is 5.11. The zero-order valence-electron chi connectivity index (χ0n) is 19.3. The molecule has 12 heteroatoms. The van der Waals surface area contributed by atoms with Gasteiger partial charge in [0.2, 0.25) is 17.8 Å². The van der Waals surface area contributed by atoms with Gasteiger partial charge in [-0.15, -0.1) is 0 Å². The summed E-state index contributed by atoms with van der Waals surface area (Å²) in [5, 5.41) is 11.9. The number of amides is 2. The number of aromatic nitrogens is 5. The van der Waals surface area contributed by atoms with Crippen molar-refractivity contribution in [1.29, 1.82) is 0 Å². The molecule has 6 rings (SSSR count). The molecule has 1 aromatic carbocycles. The van der Waals surface area contributed by atoms with Crippen molar-refractivity contribution in [2.75, 3.05) is 18.5 Å². The van der Waals surface area contributed by atoms with Crippen molar-refractivity contribution in [2.45, 2.75) is 32.2 Å². The third-order valence-electron chi connectivity index (χ3n) is 6.95. The summed E-state index contributed by atoms with van der Waals surface area (Å²) in [5.74, 6) is -0.193. The first-order valence-electron chi connectivity index (χ1n) is 11.6. The van der Waals surface area contributed by atoms with E-state index in [4.69, 9.17) is 0 Å². The highest BCUT2D eigenvalue weighted by atomic mass is 79.9. The molecule has 1 aliphatic carbocycles. The Kier molecular flexibility index (Phi) is 5.36. The minimum Gasteiger partial charge on any atom is -0.351 e. The van der Waals surface area contributed by atoms with Crippen molar-refractivity contribution in [1.82, 2.24) is 34.9 Å². The van der Waals surface area contributed by atoms with Gasteiger partial charge in [-0.05, 0) is 47.3 Å². The van der Waals surface area contributed by atoms with Gasteiger partial charge in [0.25, 0.3) is 0 Å². The predicted octanol–water partition coefficient (Wildman–Crippen LogP) is 3.15. The first-order valence-corrected chi connectivity index (χ1v) is 12.4. The molecule has 2 N–H and O–H groups in total. The van der Waals surface area contributed by atoms with E-state index in [0.29, 0.717) is 51.0 Å². The Morgan fingerprint density at radius 1 is 1.33 bits per heavy atom. The number of hydrogen-bond acceptors (Lipinski definition) is 7. The number of fused-ring (bicyclic) bond motifs is 2. The fourth-order valence-corrected chi connectivity index (χ4v) is 5.55. The number of rotatable bonds is 4. The quantitative estimate of drug-likeness (QED) is 0.399. The monoisotopic (exact) mass is 552 g/mol. The molecule has 4 heterocycles. The van der Waals surface area contributed by atoms with Crippen LogP contribution in [0.25, 0.3) is 27.6 Å². The van der Waals surface area contributed by atoms with Gasteiger partial charge in [-0.25, -0.2) is 14.1 Å². The van der Waals surface area contributed by atoms with Crippen molar-refractivity contribution < 1.29 is 14.0 Å². The molecule has 1 saturated heterocycles. The van der Waals surface area contributed by atoms with Crippen molar-refractivity contribution in [2.24, 2.45) is 5.41 Å². The van der Waals surface area contributed by atoms with Crippen molar-refractivity contribution in [3.8, 4) is 5.69 Å². The minimum atomic E-state index is -0.560. The average molecular weight is 553 g/mol. The van der Waals surface area contributed by atoms with E-state index in [2.05, 4.69) is 46.6 Å². The van der Waals surface area contributed by atoms with Gasteiger partial charge in [0.15, 0.2) is 11.5 Å². The third-order valence-corrected chi connectivity index (χ3v) is 7.53. The second kappa shape index (κ2) is 8.47. The summed E-state index contributed by atoms with van der Waals surface area (Å²) in [6.07, 6.45) is 5.29. The SMILES string of the molecule is CC1(C(=O)N2CNC(=O)C2)CC[C@@H](Nc2ncc3c(Br)nn(-c4cc(F)c5ncccc5c4)c3n2)C1. The smallest absolute Gasteiger partial charge is 0.241 e. The van der Waals surface area contributed by atoms with Gasteiger partial charge >= 0.3 is 0 Å². The fraction of sp³-hybridized carbons (Fsp3) is 0.333. The van der Waals surface area contributed by atoms with E-state index >= 15 is 0 Å². The number of nitrogens with one attached hydrogen (secondary N) is 2. The molecule has 1 unspecified atom stereocenters. The minimum absolute atomic E-state index is 0.00772. The van der Waals surface area contributed by atoms with Crippen LogP contribution in [0.3, 0.4) is 0 Å². The highest BCUT2D eigenvalue weighted by molar-refractivity contribution is 9.10. The Labute approximate surface area is 213 Å². The highest BCUT2D eigenvalue weighted by Gasteiger charge is 2.44. The standard InChI is InChI=1S/C24H22BrFN8O2/c1-24(22(36)33-11-18(35)29-12-33)5-4-14(9-24)30-23-28-10-16-20(25)32-34(21(16)31-23)15-7-13-3-2-6-27-19(13)17(26)8-15/h2-3,6-8,10,14H,4-5,9,11-12H2,1H3,(H,29,35)(H,28,30,31)/t14-,24?/m1/s1. The molecule has 2 fully saturated rings. The Bertz CT molecular complexity index is 1540. The molecule has 0 radical (unpaired) electrons. The van der Waals surface area contributed by atoms with E-state index in [1.807, 2.05) is 13.0 Å². The first-order chi connectivity index (χ1) is 17.3. The predicted molar refractivity (Wildman–Crippen MR) is 134 cm³/mol. The molecule has 2 atom stereocenters. The lowest BCUT2D eigenvalue weighted by Crippen LogP contribution is -2.41. The zero-order valence-corrected chi connectivity index (χ0v) is 20.9. The summed E-state index contributed by atoms with van der Waals surface area (Å²) in [6.45, 7) is 2.31. The van der Waals surface area contributed by atoms with E-state index in [1.165, 1.54) is 6.07 Å². The van der Waals surface area contributed by atoms with Crippen LogP contribution in [0.5, 0.6) is 0 Å². The highest BCUT2D eigenvalue weighted by Crippen LogP contribution is 2.40. The lowest BCUT2D eigenvalue weighted by molar-refractivity contribution is -0.140. The van der Waals surface area contributed by atoms with E-state index < -0.39 is 11.2 Å². The molecule has 2 amide bonds. The van der Waals surface area contributed by atoms with Gasteiger partial charge in [0.05, 0.1) is 17.7 Å². The van der Waals surface area contributed by atoms with Crippen molar-refractivity contribution in [3.63, 3.8) is 0 Å². The van der Waals surface area contributed by atoms with Crippen LogP contribution in [-0.4, -0.2) is 60.7 Å². The van der Waals surface area contributed by atoms with Crippen LogP contribution in [0.15, 0.2) is 41.3 Å². The number of pyridine rings is 1. The molecule has 1 saturated carbocycles. The van der Waals surface area contributed by atoms with Crippen LogP contribution < -0.4 is 10.6 Å². The third kappa shape index (κ3) is 3.85. The van der Waals surface area contributed by atoms with Crippen LogP contribution in [0.2, 0.25) is 0 Å². The van der Waals surface area contributed by atoms with E-state index in [-0.39, 0.29) is 31.1 Å². The van der Waals surface area contributed by atoms with Gasteiger partial charge in [-0.3, -0.25) is 14.6 Å². The Hall–Kier alpha value is -3.67. The van der Waals surface area contributed by atoms with E-state index in [1.54, 1.807) is 34.1 Å². The van der Waals surface area contributed by atoms with Gasteiger partial charge in [0, 0.05) is 35.3 Å². The summed E-state index contributed by atoms with van der Waals surface area (Å²) in [5.41, 5.74) is 0.763. The number of carbonyl (C=O) groups is 2. The lowest BCUT2D eigenvalue weighted by atomic mass is 9.87. The maximum atomic E-state index is 14.7. The van der Waals surface area contributed by atoms with Gasteiger partial charge in [0.1, 0.15) is 16.7 Å². The summed E-state index contributed by atoms with van der Waals surface area (Å²) in [4.78, 5) is 39.4. The van der Waals surface area contributed by atoms with Crippen LogP contribution in [-0.2, 0) is 9.59 Å². The number of benzene rings is 1. The Morgan fingerprint density at radius 3 is 3.00 bits per heavy atom. The second-order valence-corrected chi connectivity index (χ2v) is 10.3. The molecule has 10 nitrogen and oxygen atoms in total. The molecule has 4 aromatic rings. The van der Waals surface area contributed by atoms with Crippen LogP contribution in [0.1, 0.15) is 26.2 Å². The molecule has 0 bridgehead atoms. The number of carbonyl (C=O) groups excluding carboxylic acids is 2. The van der Waals surface area contributed by atoms with Crippen LogP contribution >= 0.6 is 15.9 Å². The first kappa shape index (κ1) is 22.8. The lowest BCUT2D eigenvalue weighted by Gasteiger charge is -2.27. The van der Waals surface area contributed by atoms with Crippen LogP contribution in [0, 0.1) is 11.2 Å². The van der Waals surface area contributed by atoms with Crippen molar-refractivity contribution in [3.05, 3.63) is 47.1 Å². The average Bonchev–Trinajstić information content (AvgIpc) is 3.56. The Morgan fingerprint density at radius 2 is 2.19 bits per heavy atom. The summed E-state index contributed by atoms with van der Waals surface area (Å²) in [7, 11) is 0. The summed E-state index contributed by atoms with van der Waals surface area (Å²) >= 11 is 3.45. The largest absolute Gasteiger partial charge is 0.351 e. The molecular formula is C24H22BrFN8O2.